The van der Waals surface area contributed by atoms with Gasteiger partial charge in [-0.2, -0.15) is 0 Å². The Kier molecular flexibility index (Phi) is 4.48. The zero-order chi connectivity index (χ0) is 17.9. The number of hydrogen-bond acceptors (Lipinski definition) is 9. The lowest BCUT2D eigenvalue weighted by Crippen LogP contribution is -2.47. The number of imide groups is 1. The van der Waals surface area contributed by atoms with E-state index in [4.69, 9.17) is 0 Å². The monoisotopic (exact) mass is 369 g/mol. The van der Waals surface area contributed by atoms with Crippen molar-refractivity contribution in [3.63, 3.8) is 0 Å². The number of aromatic nitrogens is 4. The highest BCUT2D eigenvalue weighted by Gasteiger charge is 2.25. The smallest absolute Gasteiger partial charge is 0.290 e. The first-order chi connectivity index (χ1) is 12.7. The first-order valence-corrected chi connectivity index (χ1v) is 8.85. The van der Waals surface area contributed by atoms with Gasteiger partial charge in [0.05, 0.1) is 10.6 Å². The van der Waals surface area contributed by atoms with Gasteiger partial charge in [0, 0.05) is 44.8 Å². The second-order valence-electron chi connectivity index (χ2n) is 5.66. The van der Waals surface area contributed by atoms with E-state index >= 15 is 0 Å². The lowest BCUT2D eigenvalue weighted by molar-refractivity contribution is -0.115. The molecule has 0 unspecified atom stereocenters. The second kappa shape index (κ2) is 7.08. The molecule has 132 valence electrons. The van der Waals surface area contributed by atoms with Crippen molar-refractivity contribution in [1.29, 1.82) is 0 Å². The van der Waals surface area contributed by atoms with Crippen LogP contribution in [0.4, 0.5) is 16.7 Å². The zero-order valence-electron chi connectivity index (χ0n) is 13.7. The largest absolute Gasteiger partial charge is 0.337 e. The molecule has 26 heavy (non-hydrogen) atoms. The van der Waals surface area contributed by atoms with Gasteiger partial charge in [-0.15, -0.1) is 0 Å². The minimum absolute atomic E-state index is 0.339. The summed E-state index contributed by atoms with van der Waals surface area (Å²) < 4.78 is 0. The summed E-state index contributed by atoms with van der Waals surface area (Å²) in [4.78, 5) is 44.8. The van der Waals surface area contributed by atoms with Gasteiger partial charge in [-0.25, -0.2) is 19.9 Å². The molecule has 0 bridgehead atoms. The van der Waals surface area contributed by atoms with Crippen LogP contribution in [0.2, 0.25) is 0 Å². The molecule has 9 nitrogen and oxygen atoms in total. The number of nitrogens with one attached hydrogen (secondary N) is 1. The fourth-order valence-electron chi connectivity index (χ4n) is 2.71. The van der Waals surface area contributed by atoms with Crippen LogP contribution in [-0.4, -0.2) is 57.3 Å². The number of thioether (sulfide) groups is 1. The van der Waals surface area contributed by atoms with E-state index in [9.17, 15) is 9.59 Å². The van der Waals surface area contributed by atoms with E-state index in [0.717, 1.165) is 43.9 Å². The Bertz CT molecular complexity index is 866. The summed E-state index contributed by atoms with van der Waals surface area (Å²) in [5, 5.41) is 1.87. The number of nitrogens with zero attached hydrogens (tertiary/aromatic N) is 6. The summed E-state index contributed by atoms with van der Waals surface area (Å²) in [6.45, 7) is 3.02. The van der Waals surface area contributed by atoms with Crippen LogP contribution in [0, 0.1) is 0 Å². The van der Waals surface area contributed by atoms with Crippen molar-refractivity contribution in [3.05, 3.63) is 41.3 Å². The highest BCUT2D eigenvalue weighted by Crippen LogP contribution is 2.25. The molecule has 2 aromatic rings. The predicted molar refractivity (Wildman–Crippen MR) is 97.6 cm³/mol. The summed E-state index contributed by atoms with van der Waals surface area (Å²) in [6.07, 6.45) is 6.72. The molecule has 10 heteroatoms. The molecule has 0 aromatic carbocycles. The number of carbonyl (C=O) groups excluding carboxylic acids is 2. The quantitative estimate of drug-likeness (QED) is 0.791. The lowest BCUT2D eigenvalue weighted by atomic mass is 10.3. The molecule has 2 aliphatic heterocycles. The van der Waals surface area contributed by atoms with E-state index in [1.165, 1.54) is 0 Å². The molecule has 2 amide bonds. The van der Waals surface area contributed by atoms with Crippen molar-refractivity contribution in [3.8, 4) is 0 Å². The molecule has 0 spiro atoms. The van der Waals surface area contributed by atoms with E-state index in [1.807, 2.05) is 0 Å². The van der Waals surface area contributed by atoms with E-state index in [2.05, 4.69) is 35.1 Å². The van der Waals surface area contributed by atoms with Gasteiger partial charge in [-0.05, 0) is 30.0 Å². The zero-order valence-corrected chi connectivity index (χ0v) is 14.5. The van der Waals surface area contributed by atoms with Crippen molar-refractivity contribution >= 4 is 40.9 Å². The Hall–Kier alpha value is -3.01. The topological polar surface area (TPSA) is 104 Å². The molecule has 4 rings (SSSR count). The summed E-state index contributed by atoms with van der Waals surface area (Å²) in [7, 11) is 0. The molecule has 1 N–H and O–H groups in total. The molecule has 2 fully saturated rings. The molecular weight excluding hydrogens is 354 g/mol. The molecule has 0 aliphatic carbocycles. The van der Waals surface area contributed by atoms with Crippen molar-refractivity contribution in [2.75, 3.05) is 36.0 Å². The van der Waals surface area contributed by atoms with Crippen molar-refractivity contribution in [1.82, 2.24) is 25.3 Å². The standard InChI is InChI=1S/C16H15N7O2S/c24-13-12(26-16(25)21-13)10-11-2-5-19-15(20-11)23-8-6-22(7-9-23)14-17-3-1-4-18-14/h1-5,10H,6-9H2,(H,21,24,25)/b12-10+. The molecule has 2 aliphatic rings. The van der Waals surface area contributed by atoms with Gasteiger partial charge in [-0.3, -0.25) is 14.9 Å². The van der Waals surface area contributed by atoms with Crippen LogP contribution in [0.1, 0.15) is 5.69 Å². The molecule has 2 saturated heterocycles. The van der Waals surface area contributed by atoms with Gasteiger partial charge < -0.3 is 9.80 Å². The van der Waals surface area contributed by atoms with Crippen LogP contribution in [0.15, 0.2) is 35.6 Å². The molecule has 4 heterocycles. The minimum Gasteiger partial charge on any atom is -0.337 e. The van der Waals surface area contributed by atoms with Gasteiger partial charge >= 0.3 is 0 Å². The van der Waals surface area contributed by atoms with Crippen LogP contribution in [0.5, 0.6) is 0 Å². The van der Waals surface area contributed by atoms with E-state index < -0.39 is 5.91 Å². The summed E-state index contributed by atoms with van der Waals surface area (Å²) in [6, 6.07) is 3.51. The third-order valence-electron chi connectivity index (χ3n) is 3.98. The molecule has 0 radical (unpaired) electrons. The number of anilines is 2. The van der Waals surface area contributed by atoms with Gasteiger partial charge in [0.2, 0.25) is 11.9 Å². The highest BCUT2D eigenvalue weighted by atomic mass is 32.2. The van der Waals surface area contributed by atoms with Crippen LogP contribution in [0.25, 0.3) is 6.08 Å². The van der Waals surface area contributed by atoms with Crippen LogP contribution >= 0.6 is 11.8 Å². The van der Waals surface area contributed by atoms with Gasteiger partial charge in [0.1, 0.15) is 0 Å². The Morgan fingerprint density at radius 2 is 1.62 bits per heavy atom. The van der Waals surface area contributed by atoms with Crippen LogP contribution in [0.3, 0.4) is 0 Å². The summed E-state index contributed by atoms with van der Waals surface area (Å²) >= 11 is 0.875. The first kappa shape index (κ1) is 16.5. The van der Waals surface area contributed by atoms with Gasteiger partial charge in [-0.1, -0.05) is 0 Å². The average molecular weight is 369 g/mol. The summed E-state index contributed by atoms with van der Waals surface area (Å²) in [5.74, 6) is 0.930. The number of hydrogen-bond donors (Lipinski definition) is 1. The third kappa shape index (κ3) is 3.49. The molecule has 0 saturated carbocycles. The first-order valence-electron chi connectivity index (χ1n) is 8.04. The van der Waals surface area contributed by atoms with Gasteiger partial charge in [0.15, 0.2) is 0 Å². The van der Waals surface area contributed by atoms with E-state index in [0.29, 0.717) is 16.5 Å². The van der Waals surface area contributed by atoms with Gasteiger partial charge in [0.25, 0.3) is 11.1 Å². The molecule has 2 aromatic heterocycles. The summed E-state index contributed by atoms with van der Waals surface area (Å²) in [5.41, 5.74) is 0.594. The molecular formula is C16H15N7O2S. The fraction of sp³-hybridized carbons (Fsp3) is 0.250. The van der Waals surface area contributed by atoms with Crippen LogP contribution < -0.4 is 15.1 Å². The maximum absolute atomic E-state index is 11.7. The third-order valence-corrected chi connectivity index (χ3v) is 4.79. The van der Waals surface area contributed by atoms with Crippen molar-refractivity contribution in [2.45, 2.75) is 0 Å². The predicted octanol–water partition coefficient (Wildman–Crippen LogP) is 0.917. The van der Waals surface area contributed by atoms with E-state index in [1.54, 1.807) is 36.8 Å². The lowest BCUT2D eigenvalue weighted by Gasteiger charge is -2.34. The Morgan fingerprint density at radius 3 is 2.27 bits per heavy atom. The Labute approximate surface area is 153 Å². The number of amides is 2. The SMILES string of the molecule is O=C1NC(=O)/C(=C\c2ccnc(N3CCN(c4ncccn4)CC3)n2)S1. The minimum atomic E-state index is -0.392. The maximum atomic E-state index is 11.7. The van der Waals surface area contributed by atoms with E-state index in [-0.39, 0.29) is 5.24 Å². The van der Waals surface area contributed by atoms with Crippen LogP contribution in [-0.2, 0) is 4.79 Å². The highest BCUT2D eigenvalue weighted by molar-refractivity contribution is 8.18. The van der Waals surface area contributed by atoms with Crippen molar-refractivity contribution < 1.29 is 9.59 Å². The maximum Gasteiger partial charge on any atom is 0.290 e. The number of piperazine rings is 1. The Balaban J connectivity index is 1.45. The number of rotatable bonds is 3. The Morgan fingerprint density at radius 1 is 0.962 bits per heavy atom. The average Bonchev–Trinajstić information content (AvgIpc) is 3.00. The van der Waals surface area contributed by atoms with Crippen molar-refractivity contribution in [2.24, 2.45) is 0 Å². The normalized spacial score (nSPS) is 19.2. The fourth-order valence-corrected chi connectivity index (χ4v) is 3.38. The second-order valence-corrected chi connectivity index (χ2v) is 6.67. The number of carbonyl (C=O) groups is 2. The molecule has 0 atom stereocenters.